The zero-order valence-corrected chi connectivity index (χ0v) is 5.93. The van der Waals surface area contributed by atoms with E-state index in [1.54, 1.807) is 0 Å². The Morgan fingerprint density at radius 3 is 2.67 bits per heavy atom. The number of hydrogen-bond donors (Lipinski definition) is 1. The Hall–Kier alpha value is -0.0400. The van der Waals surface area contributed by atoms with Gasteiger partial charge in [-0.25, -0.2) is 0 Å². The first-order valence-electron chi connectivity index (χ1n) is 3.87. The molecular formula is C8H14O. The molecule has 3 atom stereocenters. The van der Waals surface area contributed by atoms with E-state index in [0.717, 1.165) is 5.92 Å². The van der Waals surface area contributed by atoms with Crippen molar-refractivity contribution in [1.29, 1.82) is 0 Å². The van der Waals surface area contributed by atoms with Gasteiger partial charge in [-0.3, -0.25) is 0 Å². The number of hydrogen-bond acceptors (Lipinski definition) is 1. The van der Waals surface area contributed by atoms with Gasteiger partial charge in [0.15, 0.2) is 0 Å². The van der Waals surface area contributed by atoms with E-state index in [1.807, 2.05) is 0 Å². The average molecular weight is 126 g/mol. The fraction of sp³-hybridized carbons (Fsp3) is 1.00. The molecular weight excluding hydrogens is 112 g/mol. The van der Waals surface area contributed by atoms with Gasteiger partial charge in [0.1, 0.15) is 0 Å². The zero-order chi connectivity index (χ0) is 6.48. The standard InChI is InChI=1S/C8H14O/c1-8-3-2-6(4-8)7(8)5-9/h6-7,9H,2-5H2,1H3. The van der Waals surface area contributed by atoms with Crippen LogP contribution < -0.4 is 0 Å². The van der Waals surface area contributed by atoms with Crippen LogP contribution in [-0.4, -0.2) is 11.7 Å². The predicted octanol–water partition coefficient (Wildman–Crippen LogP) is 1.41. The lowest BCUT2D eigenvalue weighted by atomic mass is 9.62. The highest BCUT2D eigenvalue weighted by atomic mass is 16.3. The Morgan fingerprint density at radius 1 is 1.67 bits per heavy atom. The number of aliphatic hydroxyl groups excluding tert-OH is 1. The van der Waals surface area contributed by atoms with E-state index >= 15 is 0 Å². The van der Waals surface area contributed by atoms with Gasteiger partial charge in [0, 0.05) is 6.61 Å². The van der Waals surface area contributed by atoms with Crippen molar-refractivity contribution in [2.75, 3.05) is 6.61 Å². The Bertz CT molecular complexity index is 129. The highest BCUT2D eigenvalue weighted by molar-refractivity contribution is 5.04. The van der Waals surface area contributed by atoms with E-state index in [-0.39, 0.29) is 0 Å². The second kappa shape index (κ2) is 1.51. The highest BCUT2D eigenvalue weighted by Gasteiger charge is 2.54. The van der Waals surface area contributed by atoms with E-state index in [4.69, 9.17) is 5.11 Å². The SMILES string of the molecule is CC12CCC(C1)C2CO. The predicted molar refractivity (Wildman–Crippen MR) is 36.0 cm³/mol. The van der Waals surface area contributed by atoms with Gasteiger partial charge < -0.3 is 5.11 Å². The third kappa shape index (κ3) is 0.536. The lowest BCUT2D eigenvalue weighted by Crippen LogP contribution is -2.39. The molecule has 0 saturated heterocycles. The number of rotatable bonds is 1. The van der Waals surface area contributed by atoms with Gasteiger partial charge in [-0.2, -0.15) is 0 Å². The molecule has 0 aliphatic heterocycles. The minimum Gasteiger partial charge on any atom is -0.396 e. The Labute approximate surface area is 56.1 Å². The second-order valence-electron chi connectivity index (χ2n) is 3.95. The molecule has 0 spiro atoms. The van der Waals surface area contributed by atoms with E-state index in [2.05, 4.69) is 6.92 Å². The number of aliphatic hydroxyl groups is 1. The van der Waals surface area contributed by atoms with Gasteiger partial charge in [-0.1, -0.05) is 6.92 Å². The molecule has 0 amide bonds. The monoisotopic (exact) mass is 126 g/mol. The van der Waals surface area contributed by atoms with Crippen molar-refractivity contribution in [2.45, 2.75) is 26.2 Å². The minimum atomic E-state index is 0.432. The fourth-order valence-corrected chi connectivity index (χ4v) is 2.78. The molecule has 1 heteroatoms. The first kappa shape index (κ1) is 5.72. The summed E-state index contributed by atoms with van der Waals surface area (Å²) in [4.78, 5) is 0. The smallest absolute Gasteiger partial charge is 0.0467 e. The summed E-state index contributed by atoms with van der Waals surface area (Å²) in [5.74, 6) is 1.55. The molecule has 3 saturated carbocycles. The molecule has 1 nitrogen and oxygen atoms in total. The zero-order valence-electron chi connectivity index (χ0n) is 5.93. The summed E-state index contributed by atoms with van der Waals surface area (Å²) in [5, 5.41) is 8.93. The van der Waals surface area contributed by atoms with Crippen molar-refractivity contribution < 1.29 is 5.11 Å². The third-order valence-corrected chi connectivity index (χ3v) is 3.48. The Morgan fingerprint density at radius 2 is 2.44 bits per heavy atom. The van der Waals surface area contributed by atoms with Crippen LogP contribution in [0, 0.1) is 17.3 Å². The number of fused-ring (bicyclic) bond motifs is 1. The first-order valence-corrected chi connectivity index (χ1v) is 3.87. The Balaban J connectivity index is 2.13. The summed E-state index contributed by atoms with van der Waals surface area (Å²) in [6, 6.07) is 0. The van der Waals surface area contributed by atoms with Gasteiger partial charge in [0.2, 0.25) is 0 Å². The van der Waals surface area contributed by atoms with Crippen molar-refractivity contribution in [1.82, 2.24) is 0 Å². The summed E-state index contributed by atoms with van der Waals surface area (Å²) in [5.41, 5.74) is 0.555. The van der Waals surface area contributed by atoms with Crippen molar-refractivity contribution in [3.8, 4) is 0 Å². The molecule has 3 rings (SSSR count). The quantitative estimate of drug-likeness (QED) is 0.563. The van der Waals surface area contributed by atoms with Gasteiger partial charge >= 0.3 is 0 Å². The summed E-state index contributed by atoms with van der Waals surface area (Å²) in [7, 11) is 0. The highest BCUT2D eigenvalue weighted by Crippen LogP contribution is 2.62. The summed E-state index contributed by atoms with van der Waals surface area (Å²) >= 11 is 0. The minimum absolute atomic E-state index is 0.432. The summed E-state index contributed by atoms with van der Waals surface area (Å²) in [6.07, 6.45) is 4.13. The first-order chi connectivity index (χ1) is 4.26. The van der Waals surface area contributed by atoms with E-state index in [0.29, 0.717) is 17.9 Å². The fourth-order valence-electron chi connectivity index (χ4n) is 2.78. The van der Waals surface area contributed by atoms with Crippen molar-refractivity contribution in [2.24, 2.45) is 17.3 Å². The van der Waals surface area contributed by atoms with E-state index in [9.17, 15) is 0 Å². The molecule has 52 valence electrons. The lowest BCUT2D eigenvalue weighted by Gasteiger charge is -2.44. The van der Waals surface area contributed by atoms with E-state index < -0.39 is 0 Å². The summed E-state index contributed by atoms with van der Waals surface area (Å²) < 4.78 is 0. The molecule has 3 unspecified atom stereocenters. The maximum Gasteiger partial charge on any atom is 0.0467 e. The van der Waals surface area contributed by atoms with Crippen LogP contribution in [0.1, 0.15) is 26.2 Å². The van der Waals surface area contributed by atoms with Gasteiger partial charge in [0.05, 0.1) is 0 Å². The van der Waals surface area contributed by atoms with Crippen LogP contribution in [0.15, 0.2) is 0 Å². The Kier molecular flexibility index (Phi) is 0.963. The molecule has 3 aliphatic rings. The molecule has 9 heavy (non-hydrogen) atoms. The molecule has 1 N–H and O–H groups in total. The largest absolute Gasteiger partial charge is 0.396 e. The van der Waals surface area contributed by atoms with Crippen LogP contribution in [0.4, 0.5) is 0 Å². The lowest BCUT2D eigenvalue weighted by molar-refractivity contribution is 0.00209. The second-order valence-corrected chi connectivity index (χ2v) is 3.95. The van der Waals surface area contributed by atoms with Gasteiger partial charge in [-0.15, -0.1) is 0 Å². The van der Waals surface area contributed by atoms with Crippen LogP contribution in [0.3, 0.4) is 0 Å². The van der Waals surface area contributed by atoms with Crippen LogP contribution >= 0.6 is 0 Å². The molecule has 0 aromatic heterocycles. The van der Waals surface area contributed by atoms with E-state index in [1.165, 1.54) is 19.3 Å². The van der Waals surface area contributed by atoms with Crippen molar-refractivity contribution >= 4 is 0 Å². The molecule has 0 aromatic carbocycles. The van der Waals surface area contributed by atoms with Crippen LogP contribution in [0.2, 0.25) is 0 Å². The normalized spacial score (nSPS) is 55.3. The summed E-state index contributed by atoms with van der Waals surface area (Å²) in [6.45, 7) is 2.75. The molecule has 2 bridgehead atoms. The average Bonchev–Trinajstić information content (AvgIpc) is 2.24. The van der Waals surface area contributed by atoms with Crippen molar-refractivity contribution in [3.05, 3.63) is 0 Å². The maximum absolute atomic E-state index is 8.93. The molecule has 0 aromatic rings. The van der Waals surface area contributed by atoms with Gasteiger partial charge in [-0.05, 0) is 36.5 Å². The van der Waals surface area contributed by atoms with Crippen molar-refractivity contribution in [3.63, 3.8) is 0 Å². The molecule has 3 aliphatic carbocycles. The molecule has 3 fully saturated rings. The molecule has 0 heterocycles. The third-order valence-electron chi connectivity index (χ3n) is 3.48. The van der Waals surface area contributed by atoms with Crippen LogP contribution in [-0.2, 0) is 0 Å². The van der Waals surface area contributed by atoms with Gasteiger partial charge in [0.25, 0.3) is 0 Å². The van der Waals surface area contributed by atoms with Crippen LogP contribution in [0.5, 0.6) is 0 Å². The topological polar surface area (TPSA) is 20.2 Å². The molecule has 0 radical (unpaired) electrons. The maximum atomic E-state index is 8.93. The van der Waals surface area contributed by atoms with Crippen LogP contribution in [0.25, 0.3) is 0 Å².